The predicted octanol–water partition coefficient (Wildman–Crippen LogP) is 9.29. The van der Waals surface area contributed by atoms with Crippen molar-refractivity contribution in [3.8, 4) is 0 Å². The molecule has 4 aromatic rings. The summed E-state index contributed by atoms with van der Waals surface area (Å²) in [4.78, 5) is 68.1. The molecule has 4 rings (SSSR count). The molecule has 2 aromatic heterocycles. The van der Waals surface area contributed by atoms with Crippen LogP contribution in [0, 0.1) is 10.1 Å². The van der Waals surface area contributed by atoms with E-state index in [1.807, 2.05) is 50.2 Å². The van der Waals surface area contributed by atoms with Crippen LogP contribution in [0.25, 0.3) is 21.8 Å². The highest BCUT2D eigenvalue weighted by Gasteiger charge is 2.24. The van der Waals surface area contributed by atoms with E-state index in [1.54, 1.807) is 61.6 Å². The van der Waals surface area contributed by atoms with Gasteiger partial charge in [-0.25, -0.2) is 14.6 Å². The second-order valence-corrected chi connectivity index (χ2v) is 16.5. The summed E-state index contributed by atoms with van der Waals surface area (Å²) in [5.74, 6) is -1.36. The zero-order chi connectivity index (χ0) is 44.7. The van der Waals surface area contributed by atoms with Gasteiger partial charge < -0.3 is 30.5 Å². The number of fused-ring (bicyclic) bond motifs is 2. The van der Waals surface area contributed by atoms with Gasteiger partial charge in [0.1, 0.15) is 36.2 Å². The van der Waals surface area contributed by atoms with E-state index in [-0.39, 0.29) is 24.7 Å². The molecule has 0 atom stereocenters. The van der Waals surface area contributed by atoms with Crippen LogP contribution in [0.15, 0.2) is 57.7 Å². The molecule has 17 nitrogen and oxygen atoms in total. The molecule has 322 valence electrons. The number of hydrogen-bond donors (Lipinski definition) is 4. The van der Waals surface area contributed by atoms with E-state index in [9.17, 15) is 29.3 Å². The van der Waals surface area contributed by atoms with Crippen LogP contribution in [0.4, 0.5) is 32.3 Å². The number of anilines is 3. The first-order chi connectivity index (χ1) is 27.5. The van der Waals surface area contributed by atoms with Gasteiger partial charge in [0.15, 0.2) is 0 Å². The topological polar surface area (TPSA) is 218 Å². The van der Waals surface area contributed by atoms with Crippen molar-refractivity contribution in [2.75, 3.05) is 55.2 Å². The number of ether oxygens (including phenoxy) is 2. The van der Waals surface area contributed by atoms with Crippen molar-refractivity contribution in [1.29, 1.82) is 0 Å². The largest absolute Gasteiger partial charge is 0.480 e. The fourth-order valence-corrected chi connectivity index (χ4v) is 5.77. The number of aromatic nitrogens is 2. The Labute approximate surface area is 361 Å². The number of carboxylic acid groups (broad SMARTS) is 1. The van der Waals surface area contributed by atoms with Gasteiger partial charge in [-0.15, -0.1) is 0 Å². The van der Waals surface area contributed by atoms with Gasteiger partial charge in [0.25, 0.3) is 0 Å². The third-order valence-electron chi connectivity index (χ3n) is 7.55. The highest BCUT2D eigenvalue weighted by molar-refractivity contribution is 9.10. The third kappa shape index (κ3) is 16.5. The van der Waals surface area contributed by atoms with E-state index in [1.165, 1.54) is 11.1 Å². The fourth-order valence-electron chi connectivity index (χ4n) is 5.08. The third-order valence-corrected chi connectivity index (χ3v) is 8.53. The number of nitro groups is 1. The standard InChI is InChI=1S/C20H27BrN4O3.C11H10BrN3O2.C9H17NO4/c1-6-22-18-14-9-8-13(21)10-15(14)23-11-16(18)24-17(26)12-25(7-2)19(27)28-20(3,4)5;1-2-13-11-8-4-3-7(12)5-9(8)14-6-10(11)15(16)17;1-5-10(6-7(11)12)8(13)14-9(2,3)4/h8-11H,6-7,12H2,1-5H3,(H,22,23)(H,24,26);3-6H,2H2,1H3,(H,13,14);5-6H2,1-4H3,(H,11,12). The Balaban J connectivity index is 0.000000331. The van der Waals surface area contributed by atoms with Gasteiger partial charge in [-0.3, -0.25) is 34.5 Å². The van der Waals surface area contributed by atoms with Crippen LogP contribution in [0.1, 0.15) is 69.2 Å². The average Bonchev–Trinajstić information content (AvgIpc) is 3.12. The number of aliphatic carboxylic acids is 1. The lowest BCUT2D eigenvalue weighted by molar-refractivity contribution is -0.384. The lowest BCUT2D eigenvalue weighted by Gasteiger charge is -2.26. The van der Waals surface area contributed by atoms with Crippen molar-refractivity contribution in [2.24, 2.45) is 0 Å². The summed E-state index contributed by atoms with van der Waals surface area (Å²) in [6.07, 6.45) is 1.79. The van der Waals surface area contributed by atoms with Crippen LogP contribution < -0.4 is 16.0 Å². The highest BCUT2D eigenvalue weighted by atomic mass is 79.9. The van der Waals surface area contributed by atoms with E-state index in [0.717, 1.165) is 41.3 Å². The number of carbonyl (C=O) groups is 4. The minimum absolute atomic E-state index is 0.00155. The van der Waals surface area contributed by atoms with Crippen molar-refractivity contribution >= 4 is 100 Å². The molecule has 3 amide bonds. The van der Waals surface area contributed by atoms with Gasteiger partial charge in [-0.05, 0) is 106 Å². The summed E-state index contributed by atoms with van der Waals surface area (Å²) in [6, 6.07) is 11.3. The fraction of sp³-hybridized carbons (Fsp3) is 0.450. The maximum absolute atomic E-state index is 12.6. The number of nitrogens with zero attached hydrogens (tertiary/aromatic N) is 5. The van der Waals surface area contributed by atoms with Gasteiger partial charge in [-0.2, -0.15) is 0 Å². The van der Waals surface area contributed by atoms with Crippen molar-refractivity contribution in [3.05, 3.63) is 67.9 Å². The minimum atomic E-state index is -1.04. The Morgan fingerprint density at radius 1 is 0.746 bits per heavy atom. The average molecular weight is 951 g/mol. The number of benzene rings is 2. The van der Waals surface area contributed by atoms with E-state index in [4.69, 9.17) is 14.6 Å². The van der Waals surface area contributed by atoms with Crippen LogP contribution in [0.2, 0.25) is 0 Å². The second kappa shape index (κ2) is 22.7. The van der Waals surface area contributed by atoms with E-state index in [2.05, 4.69) is 57.8 Å². The van der Waals surface area contributed by atoms with Crippen molar-refractivity contribution in [1.82, 2.24) is 19.8 Å². The molecule has 0 unspecified atom stereocenters. The molecule has 0 bridgehead atoms. The molecule has 2 heterocycles. The molecule has 0 radical (unpaired) electrons. The Bertz CT molecular complexity index is 2110. The molecule has 0 aliphatic rings. The number of amides is 3. The number of carbonyl (C=O) groups excluding carboxylic acids is 3. The Hall–Kier alpha value is -5.30. The molecule has 19 heteroatoms. The first-order valence-electron chi connectivity index (χ1n) is 18.8. The summed E-state index contributed by atoms with van der Waals surface area (Å²) in [6.45, 7) is 19.5. The maximum Gasteiger partial charge on any atom is 0.410 e. The SMILES string of the molecule is CCN(CC(=O)O)C(=O)OC(C)(C)C.CCNc1c(NC(=O)CN(CC)C(=O)OC(C)(C)C)cnc2cc(Br)ccc12.CCNc1c([N+](=O)[O-])cnc2cc(Br)ccc12. The van der Waals surface area contributed by atoms with Crippen molar-refractivity contribution in [2.45, 2.75) is 80.4 Å². The molecule has 0 spiro atoms. The first-order valence-corrected chi connectivity index (χ1v) is 20.4. The van der Waals surface area contributed by atoms with E-state index in [0.29, 0.717) is 37.6 Å². The normalized spacial score (nSPS) is 10.9. The summed E-state index contributed by atoms with van der Waals surface area (Å²) >= 11 is 6.79. The molecule has 0 saturated heterocycles. The van der Waals surface area contributed by atoms with Crippen molar-refractivity contribution in [3.63, 3.8) is 0 Å². The lowest BCUT2D eigenvalue weighted by atomic mass is 10.1. The van der Waals surface area contributed by atoms with Crippen LogP contribution in [0.5, 0.6) is 0 Å². The maximum atomic E-state index is 12.6. The molecule has 2 aromatic carbocycles. The number of hydrogen-bond acceptors (Lipinski definition) is 12. The zero-order valence-electron chi connectivity index (χ0n) is 35.1. The highest BCUT2D eigenvalue weighted by Crippen LogP contribution is 2.33. The molecular formula is C40H54Br2N8O9. The zero-order valence-corrected chi connectivity index (χ0v) is 38.2. The van der Waals surface area contributed by atoms with E-state index < -0.39 is 34.3 Å². The number of pyridine rings is 2. The van der Waals surface area contributed by atoms with Gasteiger partial charge in [0.2, 0.25) is 5.91 Å². The van der Waals surface area contributed by atoms with Crippen molar-refractivity contribution < 1.29 is 38.7 Å². The second-order valence-electron chi connectivity index (χ2n) is 14.6. The molecule has 0 aliphatic heterocycles. The predicted molar refractivity (Wildman–Crippen MR) is 237 cm³/mol. The Morgan fingerprint density at radius 3 is 1.61 bits per heavy atom. The molecule has 0 saturated carbocycles. The number of carboxylic acids is 1. The van der Waals surface area contributed by atoms with Crippen LogP contribution >= 0.6 is 31.9 Å². The Kier molecular flexibility index (Phi) is 19.2. The number of likely N-dealkylation sites (N-methyl/N-ethyl adjacent to an activating group) is 2. The summed E-state index contributed by atoms with van der Waals surface area (Å²) in [7, 11) is 0. The van der Waals surface area contributed by atoms with Crippen LogP contribution in [0.3, 0.4) is 0 Å². The smallest absolute Gasteiger partial charge is 0.410 e. The molecule has 59 heavy (non-hydrogen) atoms. The van der Waals surface area contributed by atoms with Gasteiger partial charge in [0.05, 0.1) is 33.5 Å². The molecular weight excluding hydrogens is 896 g/mol. The first kappa shape index (κ1) is 49.8. The summed E-state index contributed by atoms with van der Waals surface area (Å²) in [5.41, 5.74) is 2.22. The molecule has 0 fully saturated rings. The Morgan fingerprint density at radius 2 is 1.19 bits per heavy atom. The minimum Gasteiger partial charge on any atom is -0.480 e. The van der Waals surface area contributed by atoms with Gasteiger partial charge in [-0.1, -0.05) is 31.9 Å². The quantitative estimate of drug-likeness (QED) is 0.0770. The number of halogens is 2. The monoisotopic (exact) mass is 948 g/mol. The van der Waals surface area contributed by atoms with E-state index >= 15 is 0 Å². The summed E-state index contributed by atoms with van der Waals surface area (Å²) < 4.78 is 12.2. The van der Waals surface area contributed by atoms with Gasteiger partial charge in [0, 0.05) is 45.9 Å². The van der Waals surface area contributed by atoms with Crippen LogP contribution in [-0.4, -0.2) is 104 Å². The molecule has 4 N–H and O–H groups in total. The molecule has 0 aliphatic carbocycles. The number of nitrogens with one attached hydrogen (secondary N) is 3. The van der Waals surface area contributed by atoms with Gasteiger partial charge >= 0.3 is 23.8 Å². The lowest BCUT2D eigenvalue weighted by Crippen LogP contribution is -2.41. The van der Waals surface area contributed by atoms with Crippen LogP contribution in [-0.2, 0) is 19.1 Å². The summed E-state index contributed by atoms with van der Waals surface area (Å²) in [5, 5.41) is 30.3. The number of rotatable bonds is 12.